The normalized spacial score (nSPS) is 14.0. The first-order valence-electron chi connectivity index (χ1n) is 3.49. The van der Waals surface area contributed by atoms with Gasteiger partial charge >= 0.3 is 0 Å². The van der Waals surface area contributed by atoms with Gasteiger partial charge in [-0.1, -0.05) is 12.2 Å². The van der Waals surface area contributed by atoms with E-state index in [1.807, 2.05) is 6.92 Å². The third-order valence-electron chi connectivity index (χ3n) is 1.21. The Hall–Kier alpha value is -1.18. The third kappa shape index (κ3) is 4.25. The summed E-state index contributed by atoms with van der Waals surface area (Å²) in [5, 5.41) is 0. The predicted molar refractivity (Wildman–Crippen MR) is 47.7 cm³/mol. The van der Waals surface area contributed by atoms with Crippen LogP contribution in [0.5, 0.6) is 0 Å². The summed E-state index contributed by atoms with van der Waals surface area (Å²) >= 11 is 0. The summed E-state index contributed by atoms with van der Waals surface area (Å²) in [6.45, 7) is 6.92. The van der Waals surface area contributed by atoms with Gasteiger partial charge in [-0.3, -0.25) is 9.79 Å². The highest BCUT2D eigenvalue weighted by Crippen LogP contribution is 1.95. The van der Waals surface area contributed by atoms with Gasteiger partial charge in [0.25, 0.3) is 0 Å². The molecule has 0 heterocycles. The molecule has 0 aromatic heterocycles. The molecule has 0 radical (unpaired) electrons. The van der Waals surface area contributed by atoms with Crippen molar-refractivity contribution >= 4 is 12.0 Å². The van der Waals surface area contributed by atoms with E-state index in [0.717, 1.165) is 0 Å². The number of hydrogen-bond donors (Lipinski definition) is 0. The number of carbonyl (C=O) groups excluding carboxylic acids is 1. The molecule has 0 aliphatic rings. The number of Topliss-reactive ketones (excluding diaryl/α,β-unsaturated/α-hetero) is 1. The maximum absolute atomic E-state index is 10.8. The number of aliphatic imine (C=N–C) groups is 1. The van der Waals surface area contributed by atoms with E-state index in [1.54, 1.807) is 24.6 Å². The van der Waals surface area contributed by atoms with E-state index in [2.05, 4.69) is 11.6 Å². The largest absolute Gasteiger partial charge is 0.299 e. The van der Waals surface area contributed by atoms with Gasteiger partial charge in [0.1, 0.15) is 5.78 Å². The fourth-order valence-electron chi connectivity index (χ4n) is 0.560. The Morgan fingerprint density at radius 3 is 2.64 bits per heavy atom. The molecule has 0 N–H and O–H groups in total. The molecule has 0 spiro atoms. The quantitative estimate of drug-likeness (QED) is 0.446. The lowest BCUT2D eigenvalue weighted by Crippen LogP contribution is -2.08. The minimum Gasteiger partial charge on any atom is -0.299 e. The molecule has 1 atom stereocenters. The molecule has 0 aliphatic heterocycles. The number of carbonyl (C=O) groups is 1. The Labute approximate surface area is 67.3 Å². The molecule has 2 nitrogen and oxygen atoms in total. The van der Waals surface area contributed by atoms with Crippen LogP contribution in [0.4, 0.5) is 0 Å². The fourth-order valence-corrected chi connectivity index (χ4v) is 0.560. The zero-order valence-corrected chi connectivity index (χ0v) is 6.95. The molecule has 0 fully saturated rings. The minimum absolute atomic E-state index is 0.0632. The van der Waals surface area contributed by atoms with Crippen LogP contribution in [-0.2, 0) is 4.79 Å². The molecule has 0 aliphatic carbocycles. The van der Waals surface area contributed by atoms with Crippen LogP contribution in [-0.4, -0.2) is 12.0 Å². The topological polar surface area (TPSA) is 29.4 Å². The van der Waals surface area contributed by atoms with Gasteiger partial charge in [0.05, 0.1) is 5.92 Å². The monoisotopic (exact) mass is 151 g/mol. The van der Waals surface area contributed by atoms with Crippen LogP contribution in [0.2, 0.25) is 0 Å². The van der Waals surface area contributed by atoms with E-state index < -0.39 is 0 Å². The maximum atomic E-state index is 10.8. The zero-order valence-electron chi connectivity index (χ0n) is 6.95. The van der Waals surface area contributed by atoms with Crippen LogP contribution in [0.1, 0.15) is 13.8 Å². The molecule has 0 aromatic carbocycles. The van der Waals surface area contributed by atoms with Crippen LogP contribution in [0.15, 0.2) is 29.9 Å². The summed E-state index contributed by atoms with van der Waals surface area (Å²) in [5.41, 5.74) is 0. The highest BCUT2D eigenvalue weighted by molar-refractivity contribution is 5.95. The fraction of sp³-hybridized carbons (Fsp3) is 0.333. The number of nitrogens with zero attached hydrogens (tertiary/aromatic N) is 1. The van der Waals surface area contributed by atoms with Crippen molar-refractivity contribution in [2.24, 2.45) is 10.9 Å². The van der Waals surface area contributed by atoms with Crippen molar-refractivity contribution in [3.05, 3.63) is 24.9 Å². The molecule has 0 aromatic rings. The SMILES string of the molecule is C=CC(C=N/C=C\C)C(C)=O. The van der Waals surface area contributed by atoms with E-state index in [0.29, 0.717) is 0 Å². The van der Waals surface area contributed by atoms with E-state index in [4.69, 9.17) is 0 Å². The molecule has 1 unspecified atom stereocenters. The van der Waals surface area contributed by atoms with E-state index in [9.17, 15) is 4.79 Å². The summed E-state index contributed by atoms with van der Waals surface area (Å²) in [6, 6.07) is 0. The number of rotatable bonds is 4. The minimum atomic E-state index is -0.244. The Kier molecular flexibility index (Phi) is 4.99. The van der Waals surface area contributed by atoms with E-state index in [1.165, 1.54) is 6.92 Å². The van der Waals surface area contributed by atoms with Gasteiger partial charge in [-0.05, 0) is 13.8 Å². The Bertz CT molecular complexity index is 192. The molecule has 60 valence electrons. The second-order valence-corrected chi connectivity index (χ2v) is 2.15. The van der Waals surface area contributed by atoms with Gasteiger partial charge in [0.2, 0.25) is 0 Å². The number of allylic oxidation sites excluding steroid dienone is 2. The lowest BCUT2D eigenvalue weighted by atomic mass is 10.1. The number of hydrogen-bond acceptors (Lipinski definition) is 2. The second kappa shape index (κ2) is 5.59. The van der Waals surface area contributed by atoms with Crippen LogP contribution in [0.25, 0.3) is 0 Å². The third-order valence-corrected chi connectivity index (χ3v) is 1.21. The van der Waals surface area contributed by atoms with Crippen molar-refractivity contribution in [2.75, 3.05) is 0 Å². The molecule has 0 bridgehead atoms. The van der Waals surface area contributed by atoms with Crippen molar-refractivity contribution in [3.63, 3.8) is 0 Å². The molecular formula is C9H13NO. The van der Waals surface area contributed by atoms with Crippen molar-refractivity contribution < 1.29 is 4.79 Å². The molecule has 0 saturated carbocycles. The van der Waals surface area contributed by atoms with Crippen LogP contribution in [0.3, 0.4) is 0 Å². The highest BCUT2D eigenvalue weighted by atomic mass is 16.1. The number of ketones is 1. The van der Waals surface area contributed by atoms with Crippen molar-refractivity contribution in [1.82, 2.24) is 0 Å². The Morgan fingerprint density at radius 2 is 2.27 bits per heavy atom. The first-order valence-corrected chi connectivity index (χ1v) is 3.49. The summed E-state index contributed by atoms with van der Waals surface area (Å²) in [5.74, 6) is -0.181. The lowest BCUT2D eigenvalue weighted by molar-refractivity contribution is -0.117. The Balaban J connectivity index is 4.07. The standard InChI is InChI=1S/C9H13NO/c1-4-6-10-7-9(5-2)8(3)11/h4-7,9H,2H2,1,3H3/b6-4-,10-7?. The molecular weight excluding hydrogens is 138 g/mol. The first-order chi connectivity index (χ1) is 5.22. The summed E-state index contributed by atoms with van der Waals surface area (Å²) in [7, 11) is 0. The van der Waals surface area contributed by atoms with Gasteiger partial charge < -0.3 is 0 Å². The van der Waals surface area contributed by atoms with E-state index in [-0.39, 0.29) is 11.7 Å². The first kappa shape index (κ1) is 9.82. The lowest BCUT2D eigenvalue weighted by Gasteiger charge is -1.97. The van der Waals surface area contributed by atoms with Crippen molar-refractivity contribution in [3.8, 4) is 0 Å². The van der Waals surface area contributed by atoms with E-state index >= 15 is 0 Å². The van der Waals surface area contributed by atoms with Crippen molar-refractivity contribution in [2.45, 2.75) is 13.8 Å². The van der Waals surface area contributed by atoms with Crippen LogP contribution in [0, 0.1) is 5.92 Å². The molecule has 0 saturated heterocycles. The molecule has 11 heavy (non-hydrogen) atoms. The summed E-state index contributed by atoms with van der Waals surface area (Å²) in [6.07, 6.45) is 6.60. The van der Waals surface area contributed by atoms with Gasteiger partial charge in [-0.15, -0.1) is 6.58 Å². The van der Waals surface area contributed by atoms with Gasteiger partial charge in [0.15, 0.2) is 0 Å². The predicted octanol–water partition coefficient (Wildman–Crippen LogP) is 1.98. The smallest absolute Gasteiger partial charge is 0.141 e. The van der Waals surface area contributed by atoms with Crippen LogP contribution >= 0.6 is 0 Å². The molecule has 2 heteroatoms. The van der Waals surface area contributed by atoms with Gasteiger partial charge in [0, 0.05) is 12.4 Å². The average molecular weight is 151 g/mol. The molecule has 0 amide bonds. The summed E-state index contributed by atoms with van der Waals surface area (Å²) in [4.78, 5) is 14.7. The zero-order chi connectivity index (χ0) is 8.69. The maximum Gasteiger partial charge on any atom is 0.141 e. The summed E-state index contributed by atoms with van der Waals surface area (Å²) < 4.78 is 0. The van der Waals surface area contributed by atoms with Crippen LogP contribution < -0.4 is 0 Å². The van der Waals surface area contributed by atoms with Crippen molar-refractivity contribution in [1.29, 1.82) is 0 Å². The average Bonchev–Trinajstić information content (AvgIpc) is 1.97. The molecule has 0 rings (SSSR count). The second-order valence-electron chi connectivity index (χ2n) is 2.15. The van der Waals surface area contributed by atoms with Gasteiger partial charge in [-0.2, -0.15) is 0 Å². The van der Waals surface area contributed by atoms with Gasteiger partial charge in [-0.25, -0.2) is 0 Å². The Morgan fingerprint density at radius 1 is 1.64 bits per heavy atom. The highest BCUT2D eigenvalue weighted by Gasteiger charge is 2.03.